The van der Waals surface area contributed by atoms with Gasteiger partial charge in [0, 0.05) is 22.6 Å². The van der Waals surface area contributed by atoms with Gasteiger partial charge in [0.25, 0.3) is 5.91 Å². The summed E-state index contributed by atoms with van der Waals surface area (Å²) >= 11 is 3.40. The van der Waals surface area contributed by atoms with Gasteiger partial charge in [0.1, 0.15) is 5.75 Å². The molecule has 0 radical (unpaired) electrons. The molecule has 0 unspecified atom stereocenters. The highest BCUT2D eigenvalue weighted by Crippen LogP contribution is 2.28. The van der Waals surface area contributed by atoms with E-state index in [4.69, 9.17) is 10.5 Å². The Morgan fingerprint density at radius 2 is 2.32 bits per heavy atom. The number of nitrogens with two attached hydrogens (primary N) is 1. The Kier molecular flexibility index (Phi) is 4.82. The van der Waals surface area contributed by atoms with Crippen LogP contribution in [0.25, 0.3) is 0 Å². The zero-order valence-corrected chi connectivity index (χ0v) is 12.6. The van der Waals surface area contributed by atoms with E-state index in [0.29, 0.717) is 11.7 Å². The van der Waals surface area contributed by atoms with Crippen LogP contribution in [-0.4, -0.2) is 19.1 Å². The van der Waals surface area contributed by atoms with E-state index in [1.54, 1.807) is 0 Å². The van der Waals surface area contributed by atoms with Crippen LogP contribution in [0.5, 0.6) is 5.75 Å². The third kappa shape index (κ3) is 4.51. The largest absolute Gasteiger partial charge is 0.483 e. The van der Waals surface area contributed by atoms with E-state index < -0.39 is 0 Å². The number of halogens is 1. The second-order valence-electron chi connectivity index (χ2n) is 5.01. The van der Waals surface area contributed by atoms with Crippen molar-refractivity contribution < 1.29 is 9.53 Å². The molecule has 1 saturated carbocycles. The molecule has 2 rings (SSSR count). The monoisotopic (exact) mass is 326 g/mol. The molecule has 1 aliphatic rings. The summed E-state index contributed by atoms with van der Waals surface area (Å²) in [6.45, 7) is 2.69. The van der Waals surface area contributed by atoms with Crippen LogP contribution in [0.1, 0.15) is 31.4 Å². The van der Waals surface area contributed by atoms with Crippen LogP contribution in [0.3, 0.4) is 0 Å². The Bertz CT molecular complexity index is 459. The normalized spacial score (nSPS) is 15.9. The molecule has 0 aromatic heterocycles. The summed E-state index contributed by atoms with van der Waals surface area (Å²) in [5.74, 6) is 1.27. The van der Waals surface area contributed by atoms with E-state index in [-0.39, 0.29) is 18.6 Å². The molecule has 1 aromatic rings. The fourth-order valence-corrected chi connectivity index (χ4v) is 2.16. The van der Waals surface area contributed by atoms with Gasteiger partial charge in [0.05, 0.1) is 0 Å². The summed E-state index contributed by atoms with van der Waals surface area (Å²) < 4.78 is 6.50. The van der Waals surface area contributed by atoms with Gasteiger partial charge in [-0.25, -0.2) is 0 Å². The smallest absolute Gasteiger partial charge is 0.257 e. The highest BCUT2D eigenvalue weighted by Gasteiger charge is 2.21. The second-order valence-corrected chi connectivity index (χ2v) is 5.92. The van der Waals surface area contributed by atoms with E-state index in [2.05, 4.69) is 21.2 Å². The molecule has 5 heteroatoms. The first-order chi connectivity index (χ1) is 9.06. The third-order valence-electron chi connectivity index (χ3n) is 3.11. The zero-order valence-electron chi connectivity index (χ0n) is 11.0. The van der Waals surface area contributed by atoms with Crippen LogP contribution < -0.4 is 15.8 Å². The number of benzene rings is 1. The molecule has 104 valence electrons. The molecule has 1 atom stereocenters. The molecule has 0 bridgehead atoms. The molecule has 1 aromatic carbocycles. The Hall–Kier alpha value is -1.07. The van der Waals surface area contributed by atoms with Gasteiger partial charge in [-0.05, 0) is 43.9 Å². The van der Waals surface area contributed by atoms with Gasteiger partial charge in [0.15, 0.2) is 6.61 Å². The van der Waals surface area contributed by atoms with E-state index >= 15 is 0 Å². The molecular weight excluding hydrogens is 308 g/mol. The minimum atomic E-state index is -0.137. The van der Waals surface area contributed by atoms with Crippen LogP contribution in [0.15, 0.2) is 22.7 Å². The first kappa shape index (κ1) is 14.3. The summed E-state index contributed by atoms with van der Waals surface area (Å²) in [5, 5.41) is 2.87. The molecule has 1 fully saturated rings. The van der Waals surface area contributed by atoms with Crippen LogP contribution >= 0.6 is 15.9 Å². The Morgan fingerprint density at radius 3 is 2.95 bits per heavy atom. The lowest BCUT2D eigenvalue weighted by Crippen LogP contribution is -2.30. The summed E-state index contributed by atoms with van der Waals surface area (Å²) in [7, 11) is 0. The standard InChI is InChI=1S/C14H19BrN2O2/c1-9(16)12-6-11(15)4-5-13(12)19-8-14(18)17-7-10-2-3-10/h4-6,9-10H,2-3,7-8,16H2,1H3,(H,17,18)/t9-/m1/s1. The van der Waals surface area contributed by atoms with Crippen LogP contribution in [0, 0.1) is 5.92 Å². The molecule has 0 saturated heterocycles. The molecule has 0 aliphatic heterocycles. The Balaban J connectivity index is 1.88. The first-order valence-electron chi connectivity index (χ1n) is 6.51. The minimum absolute atomic E-state index is 0.0358. The fraction of sp³-hybridized carbons (Fsp3) is 0.500. The minimum Gasteiger partial charge on any atom is -0.483 e. The van der Waals surface area contributed by atoms with Gasteiger partial charge >= 0.3 is 0 Å². The lowest BCUT2D eigenvalue weighted by Gasteiger charge is -2.14. The van der Waals surface area contributed by atoms with Crippen molar-refractivity contribution in [3.05, 3.63) is 28.2 Å². The predicted molar refractivity (Wildman–Crippen MR) is 78.0 cm³/mol. The van der Waals surface area contributed by atoms with Gasteiger partial charge in [0.2, 0.25) is 0 Å². The summed E-state index contributed by atoms with van der Waals surface area (Å²) in [6, 6.07) is 5.49. The highest BCUT2D eigenvalue weighted by molar-refractivity contribution is 9.10. The van der Waals surface area contributed by atoms with Crippen molar-refractivity contribution >= 4 is 21.8 Å². The Morgan fingerprint density at radius 1 is 1.58 bits per heavy atom. The summed E-state index contributed by atoms with van der Waals surface area (Å²) in [4.78, 5) is 11.6. The molecule has 0 spiro atoms. The van der Waals surface area contributed by atoms with Crippen molar-refractivity contribution in [3.63, 3.8) is 0 Å². The maximum atomic E-state index is 11.6. The van der Waals surface area contributed by atoms with Crippen molar-refractivity contribution in [2.45, 2.75) is 25.8 Å². The third-order valence-corrected chi connectivity index (χ3v) is 3.60. The quantitative estimate of drug-likeness (QED) is 0.843. The van der Waals surface area contributed by atoms with E-state index in [1.807, 2.05) is 25.1 Å². The van der Waals surface area contributed by atoms with Gasteiger partial charge < -0.3 is 15.8 Å². The maximum Gasteiger partial charge on any atom is 0.257 e. The molecule has 1 amide bonds. The van der Waals surface area contributed by atoms with Crippen molar-refractivity contribution in [2.75, 3.05) is 13.2 Å². The topological polar surface area (TPSA) is 64.3 Å². The molecule has 4 nitrogen and oxygen atoms in total. The van der Waals surface area contributed by atoms with E-state index in [0.717, 1.165) is 16.6 Å². The van der Waals surface area contributed by atoms with Gasteiger partial charge in [-0.15, -0.1) is 0 Å². The number of carbonyl (C=O) groups is 1. The number of nitrogens with one attached hydrogen (secondary N) is 1. The zero-order chi connectivity index (χ0) is 13.8. The highest BCUT2D eigenvalue weighted by atomic mass is 79.9. The lowest BCUT2D eigenvalue weighted by atomic mass is 10.1. The number of ether oxygens (including phenoxy) is 1. The van der Waals surface area contributed by atoms with Gasteiger partial charge in [-0.3, -0.25) is 4.79 Å². The molecular formula is C14H19BrN2O2. The molecule has 19 heavy (non-hydrogen) atoms. The Labute approximate surface area is 121 Å². The van der Waals surface area contributed by atoms with Crippen LogP contribution in [-0.2, 0) is 4.79 Å². The predicted octanol–water partition coefficient (Wildman–Crippen LogP) is 2.37. The summed E-state index contributed by atoms with van der Waals surface area (Å²) in [6.07, 6.45) is 2.45. The number of rotatable bonds is 6. The average molecular weight is 327 g/mol. The first-order valence-corrected chi connectivity index (χ1v) is 7.30. The van der Waals surface area contributed by atoms with Crippen LogP contribution in [0.4, 0.5) is 0 Å². The number of amides is 1. The lowest BCUT2D eigenvalue weighted by molar-refractivity contribution is -0.123. The molecule has 1 aliphatic carbocycles. The second kappa shape index (κ2) is 6.39. The summed E-state index contributed by atoms with van der Waals surface area (Å²) in [5.41, 5.74) is 6.79. The average Bonchev–Trinajstić information content (AvgIpc) is 3.18. The van der Waals surface area contributed by atoms with Crippen molar-refractivity contribution in [1.82, 2.24) is 5.32 Å². The SMILES string of the molecule is C[C@@H](N)c1cc(Br)ccc1OCC(=O)NCC1CC1. The van der Waals surface area contributed by atoms with Crippen molar-refractivity contribution in [1.29, 1.82) is 0 Å². The molecule has 3 N–H and O–H groups in total. The number of hydrogen-bond acceptors (Lipinski definition) is 3. The number of carbonyl (C=O) groups excluding carboxylic acids is 1. The van der Waals surface area contributed by atoms with Crippen molar-refractivity contribution in [3.8, 4) is 5.75 Å². The van der Waals surface area contributed by atoms with E-state index in [1.165, 1.54) is 12.8 Å². The van der Waals surface area contributed by atoms with Crippen LogP contribution in [0.2, 0.25) is 0 Å². The number of hydrogen-bond donors (Lipinski definition) is 2. The maximum absolute atomic E-state index is 11.6. The fourth-order valence-electron chi connectivity index (χ4n) is 1.78. The van der Waals surface area contributed by atoms with Crippen molar-refractivity contribution in [2.24, 2.45) is 11.7 Å². The van der Waals surface area contributed by atoms with Gasteiger partial charge in [-0.2, -0.15) is 0 Å². The van der Waals surface area contributed by atoms with E-state index in [9.17, 15) is 4.79 Å². The van der Waals surface area contributed by atoms with Gasteiger partial charge in [-0.1, -0.05) is 15.9 Å². The molecule has 0 heterocycles.